The summed E-state index contributed by atoms with van der Waals surface area (Å²) >= 11 is 14.2. The Balaban J connectivity index is 1.78. The van der Waals surface area contributed by atoms with E-state index in [1.165, 1.54) is 16.2 Å². The molecule has 0 bridgehead atoms. The first-order valence-corrected chi connectivity index (χ1v) is 11.2. The lowest BCUT2D eigenvalue weighted by atomic mass is 10.1. The van der Waals surface area contributed by atoms with E-state index in [1.807, 2.05) is 30.0 Å². The molecule has 0 atom stereocenters. The van der Waals surface area contributed by atoms with Gasteiger partial charge in [0.1, 0.15) is 0 Å². The Hall–Kier alpha value is -1.33. The van der Waals surface area contributed by atoms with Crippen LogP contribution >= 0.6 is 35.0 Å². The number of hydrogen-bond acceptors (Lipinski definition) is 4. The number of rotatable bonds is 6. The Bertz CT molecular complexity index is 838. The van der Waals surface area contributed by atoms with Crippen LogP contribution in [0.5, 0.6) is 0 Å². The second-order valence-electron chi connectivity index (χ2n) is 7.26. The third kappa shape index (κ3) is 5.60. The van der Waals surface area contributed by atoms with Crippen molar-refractivity contribution in [1.29, 1.82) is 0 Å². The van der Waals surface area contributed by atoms with E-state index >= 15 is 0 Å². The van der Waals surface area contributed by atoms with E-state index in [2.05, 4.69) is 66.2 Å². The smallest absolute Gasteiger partial charge is 0.0612 e. The largest absolute Gasteiger partial charge is 0.373 e. The summed E-state index contributed by atoms with van der Waals surface area (Å²) in [5.74, 6) is 1.06. The van der Waals surface area contributed by atoms with Crippen LogP contribution in [0.2, 0.25) is 10.0 Å². The highest BCUT2D eigenvalue weighted by Crippen LogP contribution is 2.33. The van der Waals surface area contributed by atoms with Crippen molar-refractivity contribution in [2.75, 3.05) is 62.9 Å². The minimum absolute atomic E-state index is 0.599. The summed E-state index contributed by atoms with van der Waals surface area (Å²) in [6.45, 7) is 3.92. The molecule has 0 spiro atoms. The van der Waals surface area contributed by atoms with E-state index in [4.69, 9.17) is 23.2 Å². The molecule has 6 heteroatoms. The van der Waals surface area contributed by atoms with Crippen LogP contribution in [0.1, 0.15) is 5.56 Å². The summed E-state index contributed by atoms with van der Waals surface area (Å²) in [4.78, 5) is 8.27. The minimum atomic E-state index is 0.599. The van der Waals surface area contributed by atoms with Gasteiger partial charge in [-0.05, 0) is 50.0 Å². The van der Waals surface area contributed by atoms with Gasteiger partial charge in [0.2, 0.25) is 0 Å². The summed E-state index contributed by atoms with van der Waals surface area (Å²) in [6.07, 6.45) is 2.33. The molecule has 0 amide bonds. The molecule has 0 aromatic heterocycles. The molecular weight excluding hydrogens is 409 g/mol. The standard InChI is InChI=1S/C22H27Cl2N3S/c1-25(2)10-11-26(3)22-7-5-4-6-17(22)14-19-16-27(12-13-28-19)18-8-9-20(23)21(24)15-18/h4-9,14-15H,10-13,16H2,1-3H3. The van der Waals surface area contributed by atoms with Gasteiger partial charge in [0, 0.05) is 55.3 Å². The van der Waals surface area contributed by atoms with E-state index < -0.39 is 0 Å². The average Bonchev–Trinajstić information content (AvgIpc) is 2.69. The Labute approximate surface area is 182 Å². The first-order chi connectivity index (χ1) is 13.4. The highest BCUT2D eigenvalue weighted by Gasteiger charge is 2.17. The average molecular weight is 436 g/mol. The quantitative estimate of drug-likeness (QED) is 0.584. The maximum absolute atomic E-state index is 6.22. The molecule has 0 N–H and O–H groups in total. The summed E-state index contributed by atoms with van der Waals surface area (Å²) < 4.78 is 0. The Morgan fingerprint density at radius 3 is 2.57 bits per heavy atom. The Morgan fingerprint density at radius 1 is 1.04 bits per heavy atom. The molecule has 0 unspecified atom stereocenters. The number of anilines is 2. The van der Waals surface area contributed by atoms with Crippen LogP contribution in [-0.2, 0) is 0 Å². The van der Waals surface area contributed by atoms with E-state index in [-0.39, 0.29) is 0 Å². The van der Waals surface area contributed by atoms with Crippen molar-refractivity contribution in [1.82, 2.24) is 4.90 Å². The van der Waals surface area contributed by atoms with E-state index in [0.717, 1.165) is 37.6 Å². The van der Waals surface area contributed by atoms with E-state index in [0.29, 0.717) is 10.0 Å². The van der Waals surface area contributed by atoms with Crippen molar-refractivity contribution < 1.29 is 0 Å². The van der Waals surface area contributed by atoms with Crippen molar-refractivity contribution in [2.45, 2.75) is 0 Å². The van der Waals surface area contributed by atoms with Crippen molar-refractivity contribution in [2.24, 2.45) is 0 Å². The van der Waals surface area contributed by atoms with Gasteiger partial charge in [-0.3, -0.25) is 0 Å². The molecule has 1 fully saturated rings. The number of benzene rings is 2. The third-order valence-electron chi connectivity index (χ3n) is 4.81. The van der Waals surface area contributed by atoms with Gasteiger partial charge in [-0.2, -0.15) is 0 Å². The van der Waals surface area contributed by atoms with Crippen LogP contribution < -0.4 is 9.80 Å². The fraction of sp³-hybridized carbons (Fsp3) is 0.364. The molecule has 2 aromatic carbocycles. The van der Waals surface area contributed by atoms with Gasteiger partial charge < -0.3 is 14.7 Å². The topological polar surface area (TPSA) is 9.72 Å². The van der Waals surface area contributed by atoms with Crippen LogP contribution in [0.3, 0.4) is 0 Å². The molecule has 0 aliphatic carbocycles. The first kappa shape index (κ1) is 21.4. The second kappa shape index (κ2) is 9.93. The molecule has 3 nitrogen and oxygen atoms in total. The van der Waals surface area contributed by atoms with Crippen molar-refractivity contribution in [3.05, 3.63) is 63.0 Å². The zero-order valence-electron chi connectivity index (χ0n) is 16.7. The molecule has 1 heterocycles. The van der Waals surface area contributed by atoms with Crippen LogP contribution in [-0.4, -0.2) is 58.0 Å². The van der Waals surface area contributed by atoms with E-state index in [1.54, 1.807) is 0 Å². The lowest BCUT2D eigenvalue weighted by molar-refractivity contribution is 0.416. The molecule has 28 heavy (non-hydrogen) atoms. The summed E-state index contributed by atoms with van der Waals surface area (Å²) in [5.41, 5.74) is 3.66. The summed E-state index contributed by atoms with van der Waals surface area (Å²) in [6, 6.07) is 14.5. The van der Waals surface area contributed by atoms with Gasteiger partial charge in [-0.25, -0.2) is 0 Å². The molecule has 0 saturated carbocycles. The van der Waals surface area contributed by atoms with Crippen molar-refractivity contribution in [3.8, 4) is 0 Å². The maximum Gasteiger partial charge on any atom is 0.0612 e. The number of nitrogens with zero attached hydrogens (tertiary/aromatic N) is 3. The third-order valence-corrected chi connectivity index (χ3v) is 6.55. The predicted molar refractivity (Wildman–Crippen MR) is 127 cm³/mol. The molecular formula is C22H27Cl2N3S. The molecule has 3 rings (SSSR count). The molecule has 150 valence electrons. The fourth-order valence-electron chi connectivity index (χ4n) is 3.19. The SMILES string of the molecule is CN(C)CCN(C)c1ccccc1C=C1CN(c2ccc(Cl)c(Cl)c2)CCS1. The number of thioether (sulfide) groups is 1. The van der Waals surface area contributed by atoms with Gasteiger partial charge in [-0.15, -0.1) is 11.8 Å². The zero-order valence-corrected chi connectivity index (χ0v) is 19.0. The lowest BCUT2D eigenvalue weighted by Crippen LogP contribution is -2.31. The zero-order chi connectivity index (χ0) is 20.1. The van der Waals surface area contributed by atoms with Crippen LogP contribution in [0, 0.1) is 0 Å². The van der Waals surface area contributed by atoms with Crippen LogP contribution in [0.25, 0.3) is 6.08 Å². The Kier molecular flexibility index (Phi) is 7.58. The highest BCUT2D eigenvalue weighted by atomic mass is 35.5. The predicted octanol–water partition coefficient (Wildman–Crippen LogP) is 5.59. The second-order valence-corrected chi connectivity index (χ2v) is 9.30. The van der Waals surface area contributed by atoms with Crippen LogP contribution in [0.15, 0.2) is 47.4 Å². The monoisotopic (exact) mass is 435 g/mol. The number of para-hydroxylation sites is 1. The van der Waals surface area contributed by atoms with Gasteiger partial charge in [0.15, 0.2) is 0 Å². The molecule has 0 radical (unpaired) electrons. The first-order valence-electron chi connectivity index (χ1n) is 9.42. The van der Waals surface area contributed by atoms with Gasteiger partial charge in [0.05, 0.1) is 10.0 Å². The van der Waals surface area contributed by atoms with Crippen molar-refractivity contribution >= 4 is 52.4 Å². The summed E-state index contributed by atoms with van der Waals surface area (Å²) in [5, 5.41) is 1.21. The van der Waals surface area contributed by atoms with Gasteiger partial charge >= 0.3 is 0 Å². The maximum atomic E-state index is 6.22. The number of hydrogen-bond donors (Lipinski definition) is 0. The van der Waals surface area contributed by atoms with Crippen molar-refractivity contribution in [3.63, 3.8) is 0 Å². The number of likely N-dealkylation sites (N-methyl/N-ethyl adjacent to an activating group) is 2. The molecule has 2 aromatic rings. The normalized spacial score (nSPS) is 16.1. The lowest BCUT2D eigenvalue weighted by Gasteiger charge is -2.31. The van der Waals surface area contributed by atoms with Gasteiger partial charge in [-0.1, -0.05) is 41.4 Å². The molecule has 1 aliphatic heterocycles. The molecule has 1 saturated heterocycles. The van der Waals surface area contributed by atoms with Gasteiger partial charge in [0.25, 0.3) is 0 Å². The Morgan fingerprint density at radius 2 is 1.82 bits per heavy atom. The summed E-state index contributed by atoms with van der Waals surface area (Å²) in [7, 11) is 6.38. The molecule has 1 aliphatic rings. The van der Waals surface area contributed by atoms with Crippen LogP contribution in [0.4, 0.5) is 11.4 Å². The fourth-order valence-corrected chi connectivity index (χ4v) is 4.51. The minimum Gasteiger partial charge on any atom is -0.373 e. The van der Waals surface area contributed by atoms with E-state index in [9.17, 15) is 0 Å². The number of halogens is 2. The highest BCUT2D eigenvalue weighted by molar-refractivity contribution is 8.03.